The summed E-state index contributed by atoms with van der Waals surface area (Å²) in [5, 5.41) is 3.11. The number of benzene rings is 2. The molecular weight excluding hydrogens is 382 g/mol. The molecule has 0 saturated carbocycles. The molecule has 1 atom stereocenters. The van der Waals surface area contributed by atoms with Gasteiger partial charge in [-0.3, -0.25) is 9.36 Å². The van der Waals surface area contributed by atoms with E-state index < -0.39 is 0 Å². The van der Waals surface area contributed by atoms with Gasteiger partial charge in [-0.05, 0) is 67.3 Å². The maximum absolute atomic E-state index is 12.8. The van der Waals surface area contributed by atoms with E-state index in [1.54, 1.807) is 12.5 Å². The van der Waals surface area contributed by atoms with Crippen LogP contribution >= 0.6 is 0 Å². The van der Waals surface area contributed by atoms with Crippen molar-refractivity contribution in [2.75, 3.05) is 0 Å². The van der Waals surface area contributed by atoms with Crippen molar-refractivity contribution in [3.63, 3.8) is 0 Å². The molecule has 1 amide bonds. The van der Waals surface area contributed by atoms with E-state index in [0.717, 1.165) is 24.9 Å². The molecule has 4 heteroatoms. The van der Waals surface area contributed by atoms with Gasteiger partial charge in [0.1, 0.15) is 5.69 Å². The average molecular weight is 418 g/mol. The number of nitrogens with one attached hydrogen (secondary N) is 1. The first kappa shape index (κ1) is 22.8. The summed E-state index contributed by atoms with van der Waals surface area (Å²) in [6.45, 7) is 8.68. The number of hydrogen-bond acceptors (Lipinski definition) is 2. The molecule has 0 fully saturated rings. The van der Waals surface area contributed by atoms with Crippen LogP contribution in [-0.4, -0.2) is 21.5 Å². The number of hydrogen-bond donors (Lipinski definition) is 1. The Labute approximate surface area is 186 Å². The molecule has 2 aromatic carbocycles. The largest absolute Gasteiger partial charge is 0.348 e. The van der Waals surface area contributed by atoms with Gasteiger partial charge >= 0.3 is 0 Å². The van der Waals surface area contributed by atoms with E-state index in [4.69, 9.17) is 0 Å². The molecule has 0 bridgehead atoms. The second-order valence-corrected chi connectivity index (χ2v) is 8.84. The van der Waals surface area contributed by atoms with E-state index in [1.165, 1.54) is 29.5 Å². The molecule has 0 aliphatic heterocycles. The first-order valence-electron chi connectivity index (χ1n) is 11.5. The van der Waals surface area contributed by atoms with E-state index in [9.17, 15) is 4.79 Å². The average Bonchev–Trinajstić information content (AvgIpc) is 3.27. The van der Waals surface area contributed by atoms with Crippen molar-refractivity contribution in [3.05, 3.63) is 72.3 Å². The highest BCUT2D eigenvalue weighted by Crippen LogP contribution is 2.23. The third-order valence-electron chi connectivity index (χ3n) is 5.68. The number of aromatic nitrogens is 2. The Balaban J connectivity index is 1.69. The quantitative estimate of drug-likeness (QED) is 0.413. The van der Waals surface area contributed by atoms with Crippen LogP contribution in [0, 0.1) is 5.92 Å². The summed E-state index contributed by atoms with van der Waals surface area (Å²) < 4.78 is 1.85. The molecule has 0 saturated heterocycles. The second-order valence-electron chi connectivity index (χ2n) is 8.84. The van der Waals surface area contributed by atoms with E-state index in [-0.39, 0.29) is 11.9 Å². The number of carbonyl (C=O) groups excluding carboxylic acids is 1. The molecule has 1 aromatic heterocycles. The highest BCUT2D eigenvalue weighted by atomic mass is 16.2. The van der Waals surface area contributed by atoms with Gasteiger partial charge < -0.3 is 5.32 Å². The van der Waals surface area contributed by atoms with Gasteiger partial charge in [-0.25, -0.2) is 4.98 Å². The monoisotopic (exact) mass is 417 g/mol. The minimum atomic E-state index is -0.0829. The molecule has 3 aromatic rings. The highest BCUT2D eigenvalue weighted by molar-refractivity contribution is 5.93. The predicted octanol–water partition coefficient (Wildman–Crippen LogP) is 6.44. The summed E-state index contributed by atoms with van der Waals surface area (Å²) in [6, 6.07) is 17.2. The number of unbranched alkanes of at least 4 members (excludes halogenated alkanes) is 1. The van der Waals surface area contributed by atoms with Crippen LogP contribution in [0.5, 0.6) is 0 Å². The molecule has 1 unspecified atom stereocenters. The van der Waals surface area contributed by atoms with E-state index >= 15 is 0 Å². The van der Waals surface area contributed by atoms with Gasteiger partial charge in [0.2, 0.25) is 0 Å². The fraction of sp³-hybridized carbons (Fsp3) is 0.407. The zero-order valence-electron chi connectivity index (χ0n) is 19.3. The summed E-state index contributed by atoms with van der Waals surface area (Å²) in [5.41, 5.74) is 5.25. The number of aryl methyl sites for hydroxylation is 1. The Morgan fingerprint density at radius 1 is 0.968 bits per heavy atom. The SMILES string of the molecule is CCCCc1ccc(-c2ccc(-n3cncc3C(=O)NC(C)CCC(C)C)cc2)cc1. The van der Waals surface area contributed by atoms with Crippen LogP contribution in [-0.2, 0) is 6.42 Å². The Hall–Kier alpha value is -2.88. The maximum Gasteiger partial charge on any atom is 0.270 e. The molecule has 0 aliphatic rings. The molecule has 4 nitrogen and oxygen atoms in total. The summed E-state index contributed by atoms with van der Waals surface area (Å²) in [4.78, 5) is 17.0. The van der Waals surface area contributed by atoms with Crippen molar-refractivity contribution in [1.82, 2.24) is 14.9 Å². The lowest BCUT2D eigenvalue weighted by atomic mass is 10.0. The van der Waals surface area contributed by atoms with Crippen molar-refractivity contribution < 1.29 is 4.79 Å². The Kier molecular flexibility index (Phi) is 8.05. The van der Waals surface area contributed by atoms with Crippen molar-refractivity contribution in [2.45, 2.75) is 65.8 Å². The molecule has 164 valence electrons. The third kappa shape index (κ3) is 6.30. The highest BCUT2D eigenvalue weighted by Gasteiger charge is 2.15. The third-order valence-corrected chi connectivity index (χ3v) is 5.68. The van der Waals surface area contributed by atoms with Crippen LogP contribution in [0.25, 0.3) is 16.8 Å². The molecule has 0 aliphatic carbocycles. The van der Waals surface area contributed by atoms with Crippen molar-refractivity contribution in [3.8, 4) is 16.8 Å². The minimum absolute atomic E-state index is 0.0829. The normalized spacial score (nSPS) is 12.2. The number of amides is 1. The van der Waals surface area contributed by atoms with Gasteiger partial charge in [0.25, 0.3) is 5.91 Å². The van der Waals surface area contributed by atoms with Crippen LogP contribution in [0.4, 0.5) is 0 Å². The molecule has 1 N–H and O–H groups in total. The Morgan fingerprint density at radius 3 is 2.23 bits per heavy atom. The first-order chi connectivity index (χ1) is 15.0. The van der Waals surface area contributed by atoms with Crippen molar-refractivity contribution >= 4 is 5.91 Å². The lowest BCUT2D eigenvalue weighted by Gasteiger charge is -2.16. The van der Waals surface area contributed by atoms with E-state index in [2.05, 4.69) is 74.4 Å². The topological polar surface area (TPSA) is 46.9 Å². The fourth-order valence-electron chi connectivity index (χ4n) is 3.68. The Bertz CT molecular complexity index is 955. The smallest absolute Gasteiger partial charge is 0.270 e. The van der Waals surface area contributed by atoms with Crippen molar-refractivity contribution in [2.24, 2.45) is 5.92 Å². The second kappa shape index (κ2) is 10.9. The zero-order valence-corrected chi connectivity index (χ0v) is 19.3. The summed E-state index contributed by atoms with van der Waals surface area (Å²) in [6.07, 6.45) is 8.99. The summed E-state index contributed by atoms with van der Waals surface area (Å²) in [7, 11) is 0. The number of carbonyl (C=O) groups is 1. The fourth-order valence-corrected chi connectivity index (χ4v) is 3.68. The lowest BCUT2D eigenvalue weighted by molar-refractivity contribution is 0.0930. The van der Waals surface area contributed by atoms with Crippen LogP contribution in [0.1, 0.15) is 69.4 Å². The molecule has 0 spiro atoms. The molecule has 0 radical (unpaired) electrons. The van der Waals surface area contributed by atoms with Crippen LogP contribution in [0.15, 0.2) is 61.1 Å². The van der Waals surface area contributed by atoms with Gasteiger partial charge in [-0.2, -0.15) is 0 Å². The van der Waals surface area contributed by atoms with E-state index in [0.29, 0.717) is 11.6 Å². The van der Waals surface area contributed by atoms with Crippen LogP contribution in [0.2, 0.25) is 0 Å². The van der Waals surface area contributed by atoms with Crippen molar-refractivity contribution in [1.29, 1.82) is 0 Å². The predicted molar refractivity (Wildman–Crippen MR) is 129 cm³/mol. The summed E-state index contributed by atoms with van der Waals surface area (Å²) >= 11 is 0. The molecule has 3 rings (SSSR count). The lowest BCUT2D eigenvalue weighted by Crippen LogP contribution is -2.33. The number of imidazole rings is 1. The van der Waals surface area contributed by atoms with Gasteiger partial charge in [0.15, 0.2) is 0 Å². The molecule has 1 heterocycles. The minimum Gasteiger partial charge on any atom is -0.348 e. The standard InChI is InChI=1S/C27H35N3O/c1-5-6-7-22-10-12-23(13-11-22)24-14-16-25(17-15-24)30-19-28-18-26(30)27(31)29-21(4)9-8-20(2)3/h10-21H,5-9H2,1-4H3,(H,29,31). The van der Waals surface area contributed by atoms with Gasteiger partial charge in [0.05, 0.1) is 12.5 Å². The van der Waals surface area contributed by atoms with E-state index in [1.807, 2.05) is 16.7 Å². The molecule has 31 heavy (non-hydrogen) atoms. The zero-order chi connectivity index (χ0) is 22.2. The van der Waals surface area contributed by atoms with Gasteiger partial charge in [0, 0.05) is 11.7 Å². The number of rotatable bonds is 10. The number of nitrogens with zero attached hydrogens (tertiary/aromatic N) is 2. The first-order valence-corrected chi connectivity index (χ1v) is 11.5. The molecular formula is C27H35N3O. The van der Waals surface area contributed by atoms with Crippen LogP contribution < -0.4 is 5.32 Å². The maximum atomic E-state index is 12.8. The van der Waals surface area contributed by atoms with Gasteiger partial charge in [-0.15, -0.1) is 0 Å². The van der Waals surface area contributed by atoms with Gasteiger partial charge in [-0.1, -0.05) is 63.6 Å². The summed E-state index contributed by atoms with van der Waals surface area (Å²) in [5.74, 6) is 0.552. The van der Waals surface area contributed by atoms with Crippen LogP contribution in [0.3, 0.4) is 0 Å². The Morgan fingerprint density at radius 2 is 1.61 bits per heavy atom.